The van der Waals surface area contributed by atoms with E-state index in [2.05, 4.69) is 6.58 Å². The minimum atomic E-state index is -3.97. The molecule has 0 spiro atoms. The third-order valence-electron chi connectivity index (χ3n) is 3.10. The highest BCUT2D eigenvalue weighted by atomic mass is 32.2. The highest BCUT2D eigenvalue weighted by molar-refractivity contribution is 7.87. The van der Waals surface area contributed by atoms with E-state index in [0.29, 0.717) is 0 Å². The smallest absolute Gasteiger partial charge is 0.339 e. The van der Waals surface area contributed by atoms with E-state index >= 15 is 0 Å². The van der Waals surface area contributed by atoms with Crippen molar-refractivity contribution >= 4 is 15.8 Å². The molecule has 0 aromatic heterocycles. The number of benzene rings is 2. The fraction of sp³-hybridized carbons (Fsp3) is 0.125. The van der Waals surface area contributed by atoms with Gasteiger partial charge in [0, 0.05) is 12.1 Å². The maximum Gasteiger partial charge on any atom is 0.339 e. The Morgan fingerprint density at radius 3 is 2.22 bits per heavy atom. The van der Waals surface area contributed by atoms with Gasteiger partial charge in [-0.05, 0) is 42.7 Å². The fourth-order valence-corrected chi connectivity index (χ4v) is 2.82. The standard InChI is InChI=1S/C16H15NO5S/c1-2-3-4-13-5-11-16(12-6-13)23(20,21)22-15-9-7-14(8-10-15)17(18)19/h2,5-12H,1,3-4H2. The first-order valence-electron chi connectivity index (χ1n) is 6.81. The SMILES string of the molecule is C=CCCc1ccc(S(=O)(=O)Oc2ccc([N+](=O)[O-])cc2)cc1. The van der Waals surface area contributed by atoms with Gasteiger partial charge in [-0.3, -0.25) is 10.1 Å². The summed E-state index contributed by atoms with van der Waals surface area (Å²) < 4.78 is 29.3. The van der Waals surface area contributed by atoms with Crippen LogP contribution in [0.25, 0.3) is 0 Å². The minimum absolute atomic E-state index is 0.0198. The maximum absolute atomic E-state index is 12.2. The molecule has 0 amide bonds. The van der Waals surface area contributed by atoms with E-state index in [0.717, 1.165) is 18.4 Å². The molecule has 120 valence electrons. The number of nitro benzene ring substituents is 1. The summed E-state index contributed by atoms with van der Waals surface area (Å²) in [6.07, 6.45) is 3.39. The Bertz CT molecular complexity index is 795. The van der Waals surface area contributed by atoms with Crippen molar-refractivity contribution in [2.45, 2.75) is 17.7 Å². The number of aryl methyl sites for hydroxylation is 1. The number of allylic oxidation sites excluding steroid dienone is 1. The van der Waals surface area contributed by atoms with Gasteiger partial charge in [-0.25, -0.2) is 0 Å². The second-order valence-electron chi connectivity index (χ2n) is 4.76. The molecule has 0 aliphatic rings. The number of hydrogen-bond acceptors (Lipinski definition) is 5. The van der Waals surface area contributed by atoms with Gasteiger partial charge in [0.2, 0.25) is 0 Å². The zero-order chi connectivity index (χ0) is 16.9. The fourth-order valence-electron chi connectivity index (χ4n) is 1.89. The molecule has 0 saturated carbocycles. The van der Waals surface area contributed by atoms with Crippen LogP contribution in [0.2, 0.25) is 0 Å². The van der Waals surface area contributed by atoms with Gasteiger partial charge >= 0.3 is 10.1 Å². The lowest BCUT2D eigenvalue weighted by molar-refractivity contribution is -0.384. The van der Waals surface area contributed by atoms with E-state index in [1.807, 2.05) is 0 Å². The molecule has 0 saturated heterocycles. The van der Waals surface area contributed by atoms with E-state index in [1.54, 1.807) is 18.2 Å². The Morgan fingerprint density at radius 1 is 1.09 bits per heavy atom. The van der Waals surface area contributed by atoms with Crippen molar-refractivity contribution in [1.29, 1.82) is 0 Å². The molecule has 0 atom stereocenters. The topological polar surface area (TPSA) is 86.5 Å². The first-order chi connectivity index (χ1) is 10.9. The van der Waals surface area contributed by atoms with Crippen LogP contribution in [-0.4, -0.2) is 13.3 Å². The van der Waals surface area contributed by atoms with Crippen LogP contribution in [0.3, 0.4) is 0 Å². The van der Waals surface area contributed by atoms with Crippen molar-refractivity contribution < 1.29 is 17.5 Å². The molecule has 0 aliphatic carbocycles. The molecule has 0 unspecified atom stereocenters. The largest absolute Gasteiger partial charge is 0.379 e. The van der Waals surface area contributed by atoms with Gasteiger partial charge in [-0.1, -0.05) is 18.2 Å². The van der Waals surface area contributed by atoms with Gasteiger partial charge in [-0.15, -0.1) is 6.58 Å². The van der Waals surface area contributed by atoms with Crippen molar-refractivity contribution in [3.63, 3.8) is 0 Å². The van der Waals surface area contributed by atoms with E-state index in [-0.39, 0.29) is 16.3 Å². The summed E-state index contributed by atoms with van der Waals surface area (Å²) in [4.78, 5) is 10.0. The lowest BCUT2D eigenvalue weighted by Gasteiger charge is -2.07. The number of hydrogen-bond donors (Lipinski definition) is 0. The van der Waals surface area contributed by atoms with Gasteiger partial charge in [0.15, 0.2) is 0 Å². The molecule has 6 nitrogen and oxygen atoms in total. The highest BCUT2D eigenvalue weighted by Crippen LogP contribution is 2.22. The molecule has 0 heterocycles. The second-order valence-corrected chi connectivity index (χ2v) is 6.31. The van der Waals surface area contributed by atoms with Crippen LogP contribution in [-0.2, 0) is 16.5 Å². The van der Waals surface area contributed by atoms with Crippen molar-refractivity contribution in [3.8, 4) is 5.75 Å². The van der Waals surface area contributed by atoms with Gasteiger partial charge in [0.1, 0.15) is 10.6 Å². The Labute approximate surface area is 134 Å². The lowest BCUT2D eigenvalue weighted by Crippen LogP contribution is -2.09. The molecule has 0 N–H and O–H groups in total. The molecule has 7 heteroatoms. The quantitative estimate of drug-likeness (QED) is 0.335. The first-order valence-corrected chi connectivity index (χ1v) is 8.22. The summed E-state index contributed by atoms with van der Waals surface area (Å²) in [7, 11) is -3.97. The highest BCUT2D eigenvalue weighted by Gasteiger charge is 2.17. The Hall–Kier alpha value is -2.67. The molecule has 0 fully saturated rings. The molecule has 2 aromatic rings. The number of nitrogens with zero attached hydrogens (tertiary/aromatic N) is 1. The van der Waals surface area contributed by atoms with E-state index < -0.39 is 15.0 Å². The number of non-ortho nitro benzene ring substituents is 1. The number of rotatable bonds is 7. The average Bonchev–Trinajstić information content (AvgIpc) is 2.53. The molecule has 0 aliphatic heterocycles. The van der Waals surface area contributed by atoms with Crippen molar-refractivity contribution in [2.75, 3.05) is 0 Å². The van der Waals surface area contributed by atoms with Gasteiger partial charge < -0.3 is 4.18 Å². The predicted molar refractivity (Wildman–Crippen MR) is 85.9 cm³/mol. The van der Waals surface area contributed by atoms with E-state index in [1.165, 1.54) is 36.4 Å². The van der Waals surface area contributed by atoms with E-state index in [4.69, 9.17) is 4.18 Å². The van der Waals surface area contributed by atoms with Crippen LogP contribution >= 0.6 is 0 Å². The normalized spacial score (nSPS) is 11.0. The summed E-state index contributed by atoms with van der Waals surface area (Å²) in [6, 6.07) is 11.2. The summed E-state index contributed by atoms with van der Waals surface area (Å²) in [5.41, 5.74) is 0.862. The Kier molecular flexibility index (Phi) is 5.13. The van der Waals surface area contributed by atoms with Crippen LogP contribution in [0.5, 0.6) is 5.75 Å². The maximum atomic E-state index is 12.2. The average molecular weight is 333 g/mol. The Balaban J connectivity index is 2.14. The van der Waals surface area contributed by atoms with Crippen LogP contribution in [0.4, 0.5) is 5.69 Å². The third kappa shape index (κ3) is 4.40. The van der Waals surface area contributed by atoms with Gasteiger partial charge in [0.25, 0.3) is 5.69 Å². The Morgan fingerprint density at radius 2 is 1.70 bits per heavy atom. The molecule has 2 aromatic carbocycles. The molecule has 0 radical (unpaired) electrons. The van der Waals surface area contributed by atoms with E-state index in [9.17, 15) is 18.5 Å². The summed E-state index contributed by atoms with van der Waals surface area (Å²) in [6.45, 7) is 3.64. The zero-order valence-electron chi connectivity index (χ0n) is 12.2. The predicted octanol–water partition coefficient (Wildman–Crippen LogP) is 3.48. The van der Waals surface area contributed by atoms with Crippen molar-refractivity contribution in [1.82, 2.24) is 0 Å². The second kappa shape index (κ2) is 7.06. The molecule has 0 bridgehead atoms. The summed E-state index contributed by atoms with van der Waals surface area (Å²) >= 11 is 0. The third-order valence-corrected chi connectivity index (χ3v) is 4.36. The van der Waals surface area contributed by atoms with Crippen LogP contribution in [0, 0.1) is 10.1 Å². The van der Waals surface area contributed by atoms with Crippen LogP contribution in [0.1, 0.15) is 12.0 Å². The summed E-state index contributed by atoms with van der Waals surface area (Å²) in [5.74, 6) is 0.0198. The lowest BCUT2D eigenvalue weighted by atomic mass is 10.1. The first kappa shape index (κ1) is 16.7. The molecular formula is C16H15NO5S. The molecule has 23 heavy (non-hydrogen) atoms. The zero-order valence-corrected chi connectivity index (χ0v) is 13.0. The van der Waals surface area contributed by atoms with Crippen molar-refractivity contribution in [2.24, 2.45) is 0 Å². The van der Waals surface area contributed by atoms with Gasteiger partial charge in [0.05, 0.1) is 4.92 Å². The number of nitro groups is 1. The monoisotopic (exact) mass is 333 g/mol. The van der Waals surface area contributed by atoms with Gasteiger partial charge in [-0.2, -0.15) is 8.42 Å². The van der Waals surface area contributed by atoms with Crippen LogP contribution < -0.4 is 4.18 Å². The molecule has 2 rings (SSSR count). The molecular weight excluding hydrogens is 318 g/mol. The van der Waals surface area contributed by atoms with Crippen molar-refractivity contribution in [3.05, 3.63) is 76.9 Å². The van der Waals surface area contributed by atoms with Crippen LogP contribution in [0.15, 0.2) is 66.1 Å². The minimum Gasteiger partial charge on any atom is -0.379 e. The summed E-state index contributed by atoms with van der Waals surface area (Å²) in [5, 5.41) is 10.6.